The van der Waals surface area contributed by atoms with Gasteiger partial charge in [-0.15, -0.1) is 0 Å². The van der Waals surface area contributed by atoms with Gasteiger partial charge in [-0.05, 0) is 36.6 Å². The van der Waals surface area contributed by atoms with Crippen LogP contribution in [0.4, 0.5) is 0 Å². The number of aliphatic hydroxyl groups is 1. The van der Waals surface area contributed by atoms with Gasteiger partial charge in [-0.1, -0.05) is 49.4 Å². The van der Waals surface area contributed by atoms with Crippen molar-refractivity contribution in [1.29, 1.82) is 0 Å². The van der Waals surface area contributed by atoms with Crippen molar-refractivity contribution in [3.8, 4) is 16.9 Å². The summed E-state index contributed by atoms with van der Waals surface area (Å²) in [5, 5.41) is 12.9. The Morgan fingerprint density at radius 1 is 1.09 bits per heavy atom. The average Bonchev–Trinajstić information content (AvgIpc) is 2.59. The van der Waals surface area contributed by atoms with Crippen LogP contribution in [0.5, 0.6) is 5.75 Å². The minimum atomic E-state index is -0.194. The Bertz CT molecular complexity index is 566. The van der Waals surface area contributed by atoms with Gasteiger partial charge in [0.15, 0.2) is 0 Å². The number of hydrogen-bond donors (Lipinski definition) is 2. The summed E-state index contributed by atoms with van der Waals surface area (Å²) in [6.45, 7) is 3.66. The maximum atomic E-state index is 9.52. The predicted octanol–water partition coefficient (Wildman–Crippen LogP) is 3.61. The van der Waals surface area contributed by atoms with Crippen LogP contribution in [-0.4, -0.2) is 24.9 Å². The summed E-state index contributed by atoms with van der Waals surface area (Å²) in [5.74, 6) is 0.891. The lowest BCUT2D eigenvalue weighted by molar-refractivity contribution is 0.159. The zero-order valence-electron chi connectivity index (χ0n) is 13.4. The first kappa shape index (κ1) is 16.5. The van der Waals surface area contributed by atoms with Crippen molar-refractivity contribution in [3.63, 3.8) is 0 Å². The zero-order chi connectivity index (χ0) is 15.8. The maximum Gasteiger partial charge on any atom is 0.126 e. The van der Waals surface area contributed by atoms with Gasteiger partial charge >= 0.3 is 0 Å². The van der Waals surface area contributed by atoms with Gasteiger partial charge in [-0.3, -0.25) is 0 Å². The molecule has 0 radical (unpaired) electrons. The van der Waals surface area contributed by atoms with E-state index in [-0.39, 0.29) is 6.10 Å². The largest absolute Gasteiger partial charge is 0.496 e. The summed E-state index contributed by atoms with van der Waals surface area (Å²) in [5.41, 5.74) is 3.50. The molecule has 2 aromatic rings. The number of rotatable bonds is 8. The standard InChI is InChI=1S/C19H25NO2/c1-3-17(21)12-13-20-14-15-8-10-16(11-9-15)18-6-4-5-7-19(18)22-2/h4-11,17,20-21H,3,12-14H2,1-2H3. The normalized spacial score (nSPS) is 12.1. The summed E-state index contributed by atoms with van der Waals surface area (Å²) in [7, 11) is 1.70. The topological polar surface area (TPSA) is 41.5 Å². The predicted molar refractivity (Wildman–Crippen MR) is 91.1 cm³/mol. The second kappa shape index (κ2) is 8.57. The van der Waals surface area contributed by atoms with Gasteiger partial charge in [-0.2, -0.15) is 0 Å². The van der Waals surface area contributed by atoms with Crippen LogP contribution >= 0.6 is 0 Å². The van der Waals surface area contributed by atoms with Crippen LogP contribution in [0.1, 0.15) is 25.3 Å². The molecule has 0 aliphatic carbocycles. The summed E-state index contributed by atoms with van der Waals surface area (Å²) in [4.78, 5) is 0. The van der Waals surface area contributed by atoms with Crippen molar-refractivity contribution in [3.05, 3.63) is 54.1 Å². The van der Waals surface area contributed by atoms with Gasteiger partial charge in [0.25, 0.3) is 0 Å². The lowest BCUT2D eigenvalue weighted by Crippen LogP contribution is -2.19. The molecule has 0 aliphatic rings. The fraction of sp³-hybridized carbons (Fsp3) is 0.368. The molecular weight excluding hydrogens is 274 g/mol. The van der Waals surface area contributed by atoms with Crippen molar-refractivity contribution < 1.29 is 9.84 Å². The molecule has 3 nitrogen and oxygen atoms in total. The van der Waals surface area contributed by atoms with E-state index in [1.165, 1.54) is 5.56 Å². The molecule has 2 aromatic carbocycles. The van der Waals surface area contributed by atoms with Gasteiger partial charge in [0, 0.05) is 12.1 Å². The minimum Gasteiger partial charge on any atom is -0.496 e. The summed E-state index contributed by atoms with van der Waals surface area (Å²) < 4.78 is 5.41. The number of ether oxygens (including phenoxy) is 1. The average molecular weight is 299 g/mol. The highest BCUT2D eigenvalue weighted by atomic mass is 16.5. The molecule has 1 atom stereocenters. The van der Waals surface area contributed by atoms with E-state index in [0.717, 1.165) is 42.8 Å². The number of aliphatic hydroxyl groups excluding tert-OH is 1. The Kier molecular flexibility index (Phi) is 6.44. The Hall–Kier alpha value is -1.84. The van der Waals surface area contributed by atoms with Crippen molar-refractivity contribution in [1.82, 2.24) is 5.32 Å². The van der Waals surface area contributed by atoms with Crippen LogP contribution in [0.2, 0.25) is 0 Å². The second-order valence-electron chi connectivity index (χ2n) is 5.42. The first-order valence-corrected chi connectivity index (χ1v) is 7.85. The highest BCUT2D eigenvalue weighted by molar-refractivity contribution is 5.70. The van der Waals surface area contributed by atoms with E-state index in [1.807, 2.05) is 25.1 Å². The van der Waals surface area contributed by atoms with Crippen LogP contribution in [0, 0.1) is 0 Å². The molecule has 0 fully saturated rings. The zero-order valence-corrected chi connectivity index (χ0v) is 13.4. The fourth-order valence-electron chi connectivity index (χ4n) is 2.39. The first-order chi connectivity index (χ1) is 10.7. The lowest BCUT2D eigenvalue weighted by Gasteiger charge is -2.10. The Balaban J connectivity index is 1.93. The molecule has 0 amide bonds. The molecule has 0 heterocycles. The highest BCUT2D eigenvalue weighted by Crippen LogP contribution is 2.29. The summed E-state index contributed by atoms with van der Waals surface area (Å²) in [6.07, 6.45) is 1.42. The number of methoxy groups -OCH3 is 1. The van der Waals surface area contributed by atoms with E-state index in [9.17, 15) is 5.11 Å². The molecular formula is C19H25NO2. The number of hydrogen-bond acceptors (Lipinski definition) is 3. The highest BCUT2D eigenvalue weighted by Gasteiger charge is 2.04. The molecule has 0 aromatic heterocycles. The molecule has 118 valence electrons. The Morgan fingerprint density at radius 2 is 1.82 bits per heavy atom. The third-order valence-electron chi connectivity index (χ3n) is 3.83. The molecule has 22 heavy (non-hydrogen) atoms. The van der Waals surface area contributed by atoms with Gasteiger partial charge in [0.1, 0.15) is 5.75 Å². The van der Waals surface area contributed by atoms with Crippen LogP contribution in [0.15, 0.2) is 48.5 Å². The smallest absolute Gasteiger partial charge is 0.126 e. The van der Waals surface area contributed by atoms with E-state index < -0.39 is 0 Å². The number of nitrogens with one attached hydrogen (secondary N) is 1. The SMILES string of the molecule is CCC(O)CCNCc1ccc(-c2ccccc2OC)cc1. The Morgan fingerprint density at radius 3 is 2.50 bits per heavy atom. The molecule has 0 saturated carbocycles. The Labute approximate surface area is 133 Å². The van der Waals surface area contributed by atoms with Crippen molar-refractivity contribution >= 4 is 0 Å². The minimum absolute atomic E-state index is 0.194. The van der Waals surface area contributed by atoms with Gasteiger partial charge in [0.2, 0.25) is 0 Å². The first-order valence-electron chi connectivity index (χ1n) is 7.85. The van der Waals surface area contributed by atoms with E-state index in [1.54, 1.807) is 7.11 Å². The molecule has 0 spiro atoms. The molecule has 0 bridgehead atoms. The van der Waals surface area contributed by atoms with E-state index in [2.05, 4.69) is 35.6 Å². The van der Waals surface area contributed by atoms with Crippen molar-refractivity contribution in [2.45, 2.75) is 32.4 Å². The molecule has 2 rings (SSSR count). The van der Waals surface area contributed by atoms with Gasteiger partial charge in [-0.25, -0.2) is 0 Å². The van der Waals surface area contributed by atoms with E-state index >= 15 is 0 Å². The molecule has 1 unspecified atom stereocenters. The van der Waals surface area contributed by atoms with Crippen molar-refractivity contribution in [2.75, 3.05) is 13.7 Å². The summed E-state index contributed by atoms with van der Waals surface area (Å²) in [6, 6.07) is 16.5. The molecule has 0 aliphatic heterocycles. The molecule has 2 N–H and O–H groups in total. The number of para-hydroxylation sites is 1. The third-order valence-corrected chi connectivity index (χ3v) is 3.83. The van der Waals surface area contributed by atoms with Crippen LogP contribution < -0.4 is 10.1 Å². The van der Waals surface area contributed by atoms with Gasteiger partial charge in [0.05, 0.1) is 13.2 Å². The fourth-order valence-corrected chi connectivity index (χ4v) is 2.39. The molecule has 0 saturated heterocycles. The van der Waals surface area contributed by atoms with E-state index in [4.69, 9.17) is 4.74 Å². The van der Waals surface area contributed by atoms with Gasteiger partial charge < -0.3 is 15.2 Å². The van der Waals surface area contributed by atoms with Crippen LogP contribution in [-0.2, 0) is 6.54 Å². The van der Waals surface area contributed by atoms with E-state index in [0.29, 0.717) is 0 Å². The van der Waals surface area contributed by atoms with Crippen LogP contribution in [0.3, 0.4) is 0 Å². The summed E-state index contributed by atoms with van der Waals surface area (Å²) >= 11 is 0. The second-order valence-corrected chi connectivity index (χ2v) is 5.42. The quantitative estimate of drug-likeness (QED) is 0.732. The van der Waals surface area contributed by atoms with Crippen LogP contribution in [0.25, 0.3) is 11.1 Å². The number of benzene rings is 2. The lowest BCUT2D eigenvalue weighted by atomic mass is 10.0. The maximum absolute atomic E-state index is 9.52. The van der Waals surface area contributed by atoms with Crippen molar-refractivity contribution in [2.24, 2.45) is 0 Å². The molecule has 3 heteroatoms. The third kappa shape index (κ3) is 4.58. The monoisotopic (exact) mass is 299 g/mol.